The van der Waals surface area contributed by atoms with Crippen LogP contribution in [0, 0.1) is 0 Å². The predicted molar refractivity (Wildman–Crippen MR) is 81.1 cm³/mol. The Bertz CT molecular complexity index is 525. The summed E-state index contributed by atoms with van der Waals surface area (Å²) in [5, 5.41) is 3.08. The molecule has 21 heavy (non-hydrogen) atoms. The van der Waals surface area contributed by atoms with Gasteiger partial charge in [0.1, 0.15) is 0 Å². The number of amides is 1. The number of rotatable bonds is 5. The van der Waals surface area contributed by atoms with Gasteiger partial charge in [-0.3, -0.25) is 4.79 Å². The normalized spacial score (nSPS) is 14.0. The molecule has 0 radical (unpaired) electrons. The number of benzene rings is 1. The van der Waals surface area contributed by atoms with Crippen molar-refractivity contribution in [3.8, 4) is 0 Å². The lowest BCUT2D eigenvalue weighted by Crippen LogP contribution is -2.29. The quantitative estimate of drug-likeness (QED) is 0.634. The van der Waals surface area contributed by atoms with Crippen LogP contribution in [0.3, 0.4) is 0 Å². The molecule has 1 saturated heterocycles. The molecular formula is C15H21N3O3. The Kier molecular flexibility index (Phi) is 5.03. The third-order valence-corrected chi connectivity index (χ3v) is 3.60. The van der Waals surface area contributed by atoms with Crippen molar-refractivity contribution in [2.45, 2.75) is 19.3 Å². The molecule has 0 spiro atoms. The van der Waals surface area contributed by atoms with Gasteiger partial charge in [-0.15, -0.1) is 0 Å². The minimum absolute atomic E-state index is 0.133. The lowest BCUT2D eigenvalue weighted by atomic mass is 10.1. The van der Waals surface area contributed by atoms with Gasteiger partial charge < -0.3 is 20.7 Å². The number of methoxy groups -OCH3 is 1. The molecule has 1 aromatic carbocycles. The van der Waals surface area contributed by atoms with Gasteiger partial charge >= 0.3 is 5.97 Å². The molecule has 0 unspecified atom stereocenters. The van der Waals surface area contributed by atoms with Gasteiger partial charge in [-0.2, -0.15) is 0 Å². The standard InChI is InChI=1S/C15H21N3O3/c1-21-15(20)11-5-4-6-12(16)14(11)17-8-7-13(19)18-9-2-3-10-18/h4-6,17H,2-3,7-10,16H2,1H3. The van der Waals surface area contributed by atoms with Crippen molar-refractivity contribution in [2.24, 2.45) is 0 Å². The van der Waals surface area contributed by atoms with E-state index in [1.807, 2.05) is 4.90 Å². The number of carbonyl (C=O) groups excluding carboxylic acids is 2. The molecule has 1 heterocycles. The highest BCUT2D eigenvalue weighted by molar-refractivity contribution is 5.98. The summed E-state index contributed by atoms with van der Waals surface area (Å²) < 4.78 is 4.73. The second-order valence-electron chi connectivity index (χ2n) is 5.03. The van der Waals surface area contributed by atoms with Gasteiger partial charge in [0, 0.05) is 26.1 Å². The van der Waals surface area contributed by atoms with Gasteiger partial charge in [0.2, 0.25) is 5.91 Å². The highest BCUT2D eigenvalue weighted by Gasteiger charge is 2.18. The number of nitrogens with two attached hydrogens (primary N) is 1. The van der Waals surface area contributed by atoms with E-state index in [2.05, 4.69) is 5.32 Å². The van der Waals surface area contributed by atoms with Crippen LogP contribution < -0.4 is 11.1 Å². The minimum Gasteiger partial charge on any atom is -0.465 e. The second kappa shape index (κ2) is 6.97. The summed E-state index contributed by atoms with van der Waals surface area (Å²) in [6, 6.07) is 5.05. The number of esters is 1. The van der Waals surface area contributed by atoms with Crippen LogP contribution in [0.2, 0.25) is 0 Å². The molecule has 1 aliphatic rings. The molecule has 0 bridgehead atoms. The Hall–Kier alpha value is -2.24. The summed E-state index contributed by atoms with van der Waals surface area (Å²) in [6.07, 6.45) is 2.55. The van der Waals surface area contributed by atoms with Crippen LogP contribution in [0.25, 0.3) is 0 Å². The molecule has 114 valence electrons. The van der Waals surface area contributed by atoms with E-state index < -0.39 is 5.97 Å². The van der Waals surface area contributed by atoms with E-state index in [1.165, 1.54) is 7.11 Å². The average molecular weight is 291 g/mol. The molecule has 1 aromatic rings. The van der Waals surface area contributed by atoms with Crippen molar-refractivity contribution in [1.82, 2.24) is 4.90 Å². The number of carbonyl (C=O) groups is 2. The number of hydrogen-bond acceptors (Lipinski definition) is 5. The second-order valence-corrected chi connectivity index (χ2v) is 5.03. The largest absolute Gasteiger partial charge is 0.465 e. The van der Waals surface area contributed by atoms with E-state index >= 15 is 0 Å². The Labute approximate surface area is 124 Å². The zero-order valence-corrected chi connectivity index (χ0v) is 12.2. The molecule has 2 rings (SSSR count). The zero-order chi connectivity index (χ0) is 15.2. The molecule has 3 N–H and O–H groups in total. The third kappa shape index (κ3) is 3.65. The molecule has 0 saturated carbocycles. The van der Waals surface area contributed by atoms with Crippen molar-refractivity contribution in [3.63, 3.8) is 0 Å². The van der Waals surface area contributed by atoms with E-state index in [-0.39, 0.29) is 5.91 Å². The topological polar surface area (TPSA) is 84.7 Å². The Morgan fingerprint density at radius 2 is 2.05 bits per heavy atom. The summed E-state index contributed by atoms with van der Waals surface area (Å²) in [6.45, 7) is 2.13. The number of anilines is 2. The maximum absolute atomic E-state index is 12.0. The fourth-order valence-corrected chi connectivity index (χ4v) is 2.47. The van der Waals surface area contributed by atoms with Crippen LogP contribution in [-0.4, -0.2) is 43.5 Å². The van der Waals surface area contributed by atoms with Crippen molar-refractivity contribution in [1.29, 1.82) is 0 Å². The van der Waals surface area contributed by atoms with Crippen LogP contribution in [-0.2, 0) is 9.53 Å². The predicted octanol–water partition coefficient (Wildman–Crippen LogP) is 1.48. The number of para-hydroxylation sites is 1. The molecule has 0 aliphatic carbocycles. The first kappa shape index (κ1) is 15.2. The molecular weight excluding hydrogens is 270 g/mol. The van der Waals surface area contributed by atoms with Crippen LogP contribution in [0.5, 0.6) is 0 Å². The smallest absolute Gasteiger partial charge is 0.340 e. The third-order valence-electron chi connectivity index (χ3n) is 3.60. The first-order valence-electron chi connectivity index (χ1n) is 7.12. The van der Waals surface area contributed by atoms with E-state index in [0.29, 0.717) is 29.9 Å². The molecule has 1 amide bonds. The molecule has 0 aromatic heterocycles. The van der Waals surface area contributed by atoms with Crippen LogP contribution >= 0.6 is 0 Å². The van der Waals surface area contributed by atoms with Gasteiger partial charge in [0.05, 0.1) is 24.0 Å². The number of ether oxygens (including phenoxy) is 1. The van der Waals surface area contributed by atoms with Crippen LogP contribution in [0.1, 0.15) is 29.6 Å². The highest BCUT2D eigenvalue weighted by Crippen LogP contribution is 2.24. The van der Waals surface area contributed by atoms with Crippen LogP contribution in [0.4, 0.5) is 11.4 Å². The molecule has 0 atom stereocenters. The Balaban J connectivity index is 1.96. The summed E-state index contributed by atoms with van der Waals surface area (Å²) in [7, 11) is 1.33. The summed E-state index contributed by atoms with van der Waals surface area (Å²) >= 11 is 0. The molecule has 6 nitrogen and oxygen atoms in total. The monoisotopic (exact) mass is 291 g/mol. The first-order valence-corrected chi connectivity index (χ1v) is 7.12. The van der Waals surface area contributed by atoms with Gasteiger partial charge in [-0.25, -0.2) is 4.79 Å². The number of nitrogen functional groups attached to an aromatic ring is 1. The summed E-state index contributed by atoms with van der Waals surface area (Å²) in [5.74, 6) is -0.315. The van der Waals surface area contributed by atoms with Crippen molar-refractivity contribution < 1.29 is 14.3 Å². The van der Waals surface area contributed by atoms with E-state index in [1.54, 1.807) is 18.2 Å². The minimum atomic E-state index is -0.448. The maximum Gasteiger partial charge on any atom is 0.340 e. The number of hydrogen-bond donors (Lipinski definition) is 2. The van der Waals surface area contributed by atoms with Crippen molar-refractivity contribution in [2.75, 3.05) is 37.8 Å². The molecule has 1 aliphatic heterocycles. The first-order chi connectivity index (χ1) is 10.1. The van der Waals surface area contributed by atoms with Gasteiger partial charge in [0.25, 0.3) is 0 Å². The van der Waals surface area contributed by atoms with E-state index in [4.69, 9.17) is 10.5 Å². The molecule has 1 fully saturated rings. The fourth-order valence-electron chi connectivity index (χ4n) is 2.47. The number of nitrogens with one attached hydrogen (secondary N) is 1. The SMILES string of the molecule is COC(=O)c1cccc(N)c1NCCC(=O)N1CCCC1. The summed E-state index contributed by atoms with van der Waals surface area (Å²) in [4.78, 5) is 25.5. The van der Waals surface area contributed by atoms with E-state index in [9.17, 15) is 9.59 Å². The van der Waals surface area contributed by atoms with E-state index in [0.717, 1.165) is 25.9 Å². The lowest BCUT2D eigenvalue weighted by Gasteiger charge is -2.17. The summed E-state index contributed by atoms with van der Waals surface area (Å²) in [5.41, 5.74) is 7.26. The zero-order valence-electron chi connectivity index (χ0n) is 12.2. The Morgan fingerprint density at radius 1 is 1.33 bits per heavy atom. The number of nitrogens with zero attached hydrogens (tertiary/aromatic N) is 1. The van der Waals surface area contributed by atoms with Crippen molar-refractivity contribution >= 4 is 23.3 Å². The molecule has 6 heteroatoms. The lowest BCUT2D eigenvalue weighted by molar-refractivity contribution is -0.129. The Morgan fingerprint density at radius 3 is 2.71 bits per heavy atom. The maximum atomic E-state index is 12.0. The van der Waals surface area contributed by atoms with Crippen molar-refractivity contribution in [3.05, 3.63) is 23.8 Å². The van der Waals surface area contributed by atoms with Crippen LogP contribution in [0.15, 0.2) is 18.2 Å². The number of likely N-dealkylation sites (tertiary alicyclic amines) is 1. The van der Waals surface area contributed by atoms with Gasteiger partial charge in [-0.05, 0) is 25.0 Å². The average Bonchev–Trinajstić information content (AvgIpc) is 3.02. The highest BCUT2D eigenvalue weighted by atomic mass is 16.5. The van der Waals surface area contributed by atoms with Gasteiger partial charge in [-0.1, -0.05) is 6.07 Å². The van der Waals surface area contributed by atoms with Gasteiger partial charge in [0.15, 0.2) is 0 Å². The fraction of sp³-hybridized carbons (Fsp3) is 0.467.